The van der Waals surface area contributed by atoms with Gasteiger partial charge in [0, 0.05) is 44.0 Å². The van der Waals surface area contributed by atoms with Gasteiger partial charge in [0.15, 0.2) is 5.43 Å². The lowest BCUT2D eigenvalue weighted by molar-refractivity contribution is 0.0693. The summed E-state index contributed by atoms with van der Waals surface area (Å²) in [5.41, 5.74) is 0.389. The number of halogens is 1. The van der Waals surface area contributed by atoms with E-state index < -0.39 is 11.4 Å². The summed E-state index contributed by atoms with van der Waals surface area (Å²) < 4.78 is 18.7. The molecule has 7 nitrogen and oxygen atoms in total. The van der Waals surface area contributed by atoms with Crippen LogP contribution in [0.15, 0.2) is 29.2 Å². The molecule has 1 aromatic carbocycles. The normalized spacial score (nSPS) is 16.1. The molecule has 1 aromatic heterocycles. The Morgan fingerprint density at radius 2 is 2.13 bits per heavy atom. The summed E-state index contributed by atoms with van der Waals surface area (Å²) in [7, 11) is 1.63. The van der Waals surface area contributed by atoms with Crippen LogP contribution in [0.5, 0.6) is 11.5 Å². The van der Waals surface area contributed by atoms with Gasteiger partial charge in [-0.1, -0.05) is 31.9 Å². The van der Waals surface area contributed by atoms with Crippen LogP contribution < -0.4 is 14.9 Å². The minimum atomic E-state index is -1.25. The third-order valence-electron chi connectivity index (χ3n) is 5.44. The Morgan fingerprint density at radius 1 is 1.37 bits per heavy atom. The highest BCUT2D eigenvalue weighted by atomic mass is 35.5. The summed E-state index contributed by atoms with van der Waals surface area (Å²) in [6, 6.07) is 4.64. The first kappa shape index (κ1) is 22.2. The number of hydrogen-bond donors (Lipinski definition) is 1. The van der Waals surface area contributed by atoms with E-state index in [0.29, 0.717) is 47.6 Å². The van der Waals surface area contributed by atoms with Crippen molar-refractivity contribution >= 4 is 17.6 Å². The molecule has 0 bridgehead atoms. The van der Waals surface area contributed by atoms with Crippen LogP contribution in [0.1, 0.15) is 43.1 Å². The van der Waals surface area contributed by atoms with Crippen LogP contribution in [0, 0.1) is 5.92 Å². The third kappa shape index (κ3) is 4.47. The molecule has 0 saturated carbocycles. The van der Waals surface area contributed by atoms with Gasteiger partial charge in [-0.05, 0) is 12.0 Å². The maximum Gasteiger partial charge on any atom is 0.341 e. The Bertz CT molecular complexity index is 986. The number of carboxylic acid groups (broad SMARTS) is 1. The number of pyridine rings is 1. The lowest BCUT2D eigenvalue weighted by Gasteiger charge is -2.26. The van der Waals surface area contributed by atoms with E-state index in [2.05, 4.69) is 13.8 Å². The molecule has 1 aliphatic heterocycles. The van der Waals surface area contributed by atoms with E-state index in [-0.39, 0.29) is 17.5 Å². The summed E-state index contributed by atoms with van der Waals surface area (Å²) in [5, 5.41) is 9.81. The molecule has 8 heteroatoms. The number of rotatable bonds is 8. The summed E-state index contributed by atoms with van der Waals surface area (Å²) in [6.45, 7) is 5.49. The lowest BCUT2D eigenvalue weighted by Crippen LogP contribution is -2.26. The van der Waals surface area contributed by atoms with Crippen LogP contribution in [-0.4, -0.2) is 42.6 Å². The van der Waals surface area contributed by atoms with Crippen molar-refractivity contribution in [2.75, 3.05) is 26.9 Å². The average molecular weight is 436 g/mol. The zero-order valence-corrected chi connectivity index (χ0v) is 18.1. The summed E-state index contributed by atoms with van der Waals surface area (Å²) in [5.74, 6) is -0.0170. The summed E-state index contributed by atoms with van der Waals surface area (Å²) in [6.07, 6.45) is 3.00. The molecule has 3 rings (SSSR count). The lowest BCUT2D eigenvalue weighted by atomic mass is 9.98. The number of benzene rings is 1. The largest absolute Gasteiger partial charge is 0.492 e. The Kier molecular flexibility index (Phi) is 7.05. The van der Waals surface area contributed by atoms with Gasteiger partial charge in [0.25, 0.3) is 0 Å². The van der Waals surface area contributed by atoms with Crippen molar-refractivity contribution in [3.8, 4) is 22.8 Å². The van der Waals surface area contributed by atoms with E-state index in [1.165, 1.54) is 12.3 Å². The van der Waals surface area contributed by atoms with Gasteiger partial charge in [0.2, 0.25) is 0 Å². The molecule has 162 valence electrons. The smallest absolute Gasteiger partial charge is 0.341 e. The molecule has 0 spiro atoms. The fourth-order valence-electron chi connectivity index (χ4n) is 3.52. The molecule has 2 aromatic rings. The standard InChI is InChI=1S/C22H26ClNO6/c1-4-13(2)18-12-30-20-10-21(29-7-5-6-28-3)16(23)8-14(20)17-9-19(25)15(22(26)27)11-24(17)18/h8-11,13,18H,4-7,12H2,1-3H3,(H,26,27). The van der Waals surface area contributed by atoms with Crippen molar-refractivity contribution in [2.45, 2.75) is 32.7 Å². The first-order chi connectivity index (χ1) is 14.4. The highest BCUT2D eigenvalue weighted by Crippen LogP contribution is 2.42. The molecular weight excluding hydrogens is 410 g/mol. The average Bonchev–Trinajstić information content (AvgIpc) is 2.86. The Morgan fingerprint density at radius 3 is 2.80 bits per heavy atom. The number of aromatic nitrogens is 1. The molecule has 0 fully saturated rings. The number of aromatic carboxylic acids is 1. The molecule has 0 saturated heterocycles. The number of carbonyl (C=O) groups is 1. The van der Waals surface area contributed by atoms with E-state index in [1.54, 1.807) is 19.2 Å². The van der Waals surface area contributed by atoms with Gasteiger partial charge in [0.1, 0.15) is 23.7 Å². The minimum Gasteiger partial charge on any atom is -0.492 e. The fraction of sp³-hybridized carbons (Fsp3) is 0.455. The number of nitrogens with zero attached hydrogens (tertiary/aromatic N) is 1. The monoisotopic (exact) mass is 435 g/mol. The number of fused-ring (bicyclic) bond motifs is 3. The topological polar surface area (TPSA) is 87.0 Å². The van der Waals surface area contributed by atoms with Crippen molar-refractivity contribution < 1.29 is 24.1 Å². The molecule has 2 heterocycles. The van der Waals surface area contributed by atoms with E-state index >= 15 is 0 Å². The zero-order valence-electron chi connectivity index (χ0n) is 17.3. The number of ether oxygens (including phenoxy) is 3. The molecule has 1 N–H and O–H groups in total. The fourth-order valence-corrected chi connectivity index (χ4v) is 3.74. The summed E-state index contributed by atoms with van der Waals surface area (Å²) >= 11 is 6.45. The highest BCUT2D eigenvalue weighted by molar-refractivity contribution is 6.32. The van der Waals surface area contributed by atoms with Crippen LogP contribution in [0.25, 0.3) is 11.3 Å². The van der Waals surface area contributed by atoms with Crippen molar-refractivity contribution in [1.82, 2.24) is 4.57 Å². The second-order valence-corrected chi connectivity index (χ2v) is 7.79. The van der Waals surface area contributed by atoms with Crippen LogP contribution in [-0.2, 0) is 4.74 Å². The van der Waals surface area contributed by atoms with Crippen LogP contribution in [0.2, 0.25) is 5.02 Å². The second kappa shape index (κ2) is 9.53. The number of hydrogen-bond acceptors (Lipinski definition) is 5. The molecule has 0 radical (unpaired) electrons. The molecule has 0 aliphatic carbocycles. The Hall–Kier alpha value is -2.51. The molecule has 2 atom stereocenters. The van der Waals surface area contributed by atoms with Gasteiger partial charge >= 0.3 is 5.97 Å². The van der Waals surface area contributed by atoms with Crippen molar-refractivity contribution in [3.63, 3.8) is 0 Å². The Balaban J connectivity index is 2.10. The summed E-state index contributed by atoms with van der Waals surface area (Å²) in [4.78, 5) is 24.0. The van der Waals surface area contributed by atoms with E-state index in [0.717, 1.165) is 12.8 Å². The number of methoxy groups -OCH3 is 1. The molecule has 2 unspecified atom stereocenters. The SMILES string of the molecule is CCC(C)C1COc2cc(OCCCOC)c(Cl)cc2-c2cc(=O)c(C(=O)O)cn21. The third-order valence-corrected chi connectivity index (χ3v) is 5.73. The van der Waals surface area contributed by atoms with Gasteiger partial charge in [-0.3, -0.25) is 4.79 Å². The van der Waals surface area contributed by atoms with Crippen LogP contribution >= 0.6 is 11.6 Å². The van der Waals surface area contributed by atoms with Gasteiger partial charge in [-0.15, -0.1) is 0 Å². The number of carboxylic acids is 1. The maximum atomic E-state index is 12.5. The van der Waals surface area contributed by atoms with E-state index in [1.807, 2.05) is 4.57 Å². The highest BCUT2D eigenvalue weighted by Gasteiger charge is 2.28. The molecule has 0 amide bonds. The van der Waals surface area contributed by atoms with E-state index in [4.69, 9.17) is 25.8 Å². The van der Waals surface area contributed by atoms with Gasteiger partial charge in [-0.25, -0.2) is 4.79 Å². The predicted octanol–water partition coefficient (Wildman–Crippen LogP) is 4.26. The first-order valence-corrected chi connectivity index (χ1v) is 10.3. The van der Waals surface area contributed by atoms with Crippen molar-refractivity contribution in [1.29, 1.82) is 0 Å². The maximum absolute atomic E-state index is 12.5. The molecular formula is C22H26ClNO6. The second-order valence-electron chi connectivity index (χ2n) is 7.39. The molecule has 1 aliphatic rings. The van der Waals surface area contributed by atoms with Crippen LogP contribution in [0.3, 0.4) is 0 Å². The minimum absolute atomic E-state index is 0.138. The van der Waals surface area contributed by atoms with Crippen LogP contribution in [0.4, 0.5) is 0 Å². The van der Waals surface area contributed by atoms with E-state index in [9.17, 15) is 14.7 Å². The first-order valence-electron chi connectivity index (χ1n) is 9.95. The Labute approximate surface area is 180 Å². The predicted molar refractivity (Wildman–Crippen MR) is 114 cm³/mol. The van der Waals surface area contributed by atoms with Crippen molar-refractivity contribution in [2.24, 2.45) is 5.92 Å². The quantitative estimate of drug-likeness (QED) is 0.623. The van der Waals surface area contributed by atoms with Gasteiger partial charge in [-0.2, -0.15) is 0 Å². The van der Waals surface area contributed by atoms with Crippen molar-refractivity contribution in [3.05, 3.63) is 45.2 Å². The zero-order chi connectivity index (χ0) is 21.8. The molecule has 30 heavy (non-hydrogen) atoms. The van der Waals surface area contributed by atoms with Gasteiger partial charge < -0.3 is 23.9 Å². The van der Waals surface area contributed by atoms with Gasteiger partial charge in [0.05, 0.1) is 23.4 Å².